The van der Waals surface area contributed by atoms with E-state index in [1.165, 1.54) is 19.3 Å². The molecule has 114 valence electrons. The quantitative estimate of drug-likeness (QED) is 0.750. The van der Waals surface area contributed by atoms with Crippen molar-refractivity contribution in [1.29, 1.82) is 0 Å². The Bertz CT molecular complexity index is 628. The third-order valence-electron chi connectivity index (χ3n) is 4.23. The molecule has 21 heavy (non-hydrogen) atoms. The van der Waals surface area contributed by atoms with Crippen LogP contribution in [0.4, 0.5) is 0 Å². The highest BCUT2D eigenvalue weighted by Gasteiger charge is 2.28. The van der Waals surface area contributed by atoms with E-state index in [4.69, 9.17) is 21.3 Å². The molecule has 1 aromatic heterocycles. The number of thioether (sulfide) groups is 1. The Morgan fingerprint density at radius 3 is 2.95 bits per heavy atom. The fourth-order valence-corrected chi connectivity index (χ4v) is 4.25. The zero-order chi connectivity index (χ0) is 14.8. The first kappa shape index (κ1) is 15.0. The number of hydrogen-bond acceptors (Lipinski definition) is 3. The van der Waals surface area contributed by atoms with Gasteiger partial charge in [0.15, 0.2) is 0 Å². The van der Waals surface area contributed by atoms with Gasteiger partial charge in [-0.05, 0) is 44.6 Å². The van der Waals surface area contributed by atoms with E-state index in [1.54, 1.807) is 0 Å². The predicted molar refractivity (Wildman–Crippen MR) is 90.7 cm³/mol. The lowest BCUT2D eigenvalue weighted by Gasteiger charge is -2.16. The topological polar surface area (TPSA) is 27.1 Å². The number of imidazole rings is 1. The predicted octanol–water partition coefficient (Wildman–Crippen LogP) is 4.63. The Labute approximate surface area is 135 Å². The van der Waals surface area contributed by atoms with Crippen LogP contribution < -0.4 is 4.74 Å². The van der Waals surface area contributed by atoms with Gasteiger partial charge >= 0.3 is 0 Å². The van der Waals surface area contributed by atoms with Crippen LogP contribution in [-0.2, 0) is 5.88 Å². The SMILES string of the molecule is CCOc1cccc2c1nc(CCl)n2C1CCC(SC)C1. The third kappa shape index (κ3) is 2.76. The molecule has 3 nitrogen and oxygen atoms in total. The molecule has 0 amide bonds. The van der Waals surface area contributed by atoms with Gasteiger partial charge in [0.25, 0.3) is 0 Å². The summed E-state index contributed by atoms with van der Waals surface area (Å²) < 4.78 is 8.06. The largest absolute Gasteiger partial charge is 0.492 e. The smallest absolute Gasteiger partial charge is 0.147 e. The standard InChI is InChI=1S/C16H21ClN2OS/c1-3-20-14-6-4-5-13-16(14)18-15(10-17)19(13)11-7-8-12(9-11)21-2/h4-6,11-12H,3,7-10H2,1-2H3. The molecule has 5 heteroatoms. The lowest BCUT2D eigenvalue weighted by Crippen LogP contribution is -2.09. The van der Waals surface area contributed by atoms with Crippen LogP contribution in [0.3, 0.4) is 0 Å². The first-order chi connectivity index (χ1) is 10.3. The van der Waals surface area contributed by atoms with E-state index in [9.17, 15) is 0 Å². The molecule has 1 aromatic carbocycles. The summed E-state index contributed by atoms with van der Waals surface area (Å²) in [4.78, 5) is 4.74. The number of aromatic nitrogens is 2. The molecule has 2 atom stereocenters. The van der Waals surface area contributed by atoms with E-state index in [0.29, 0.717) is 18.5 Å². The summed E-state index contributed by atoms with van der Waals surface area (Å²) >= 11 is 8.12. The zero-order valence-corrected chi connectivity index (χ0v) is 14.1. The normalized spacial score (nSPS) is 22.0. The number of hydrogen-bond donors (Lipinski definition) is 0. The highest BCUT2D eigenvalue weighted by molar-refractivity contribution is 7.99. The molecule has 1 aliphatic rings. The summed E-state index contributed by atoms with van der Waals surface area (Å²) in [6, 6.07) is 6.68. The Kier molecular flexibility index (Phi) is 4.65. The summed E-state index contributed by atoms with van der Waals surface area (Å²) in [6.45, 7) is 2.65. The van der Waals surface area contributed by atoms with Crippen molar-refractivity contribution >= 4 is 34.4 Å². The lowest BCUT2D eigenvalue weighted by atomic mass is 10.2. The fourth-order valence-electron chi connectivity index (χ4n) is 3.28. The zero-order valence-electron chi connectivity index (χ0n) is 12.5. The van der Waals surface area contributed by atoms with Crippen LogP contribution in [0.1, 0.15) is 38.1 Å². The summed E-state index contributed by atoms with van der Waals surface area (Å²) in [5, 5.41) is 0.755. The number of nitrogens with zero attached hydrogens (tertiary/aromatic N) is 2. The number of rotatable bonds is 5. The third-order valence-corrected chi connectivity index (χ3v) is 5.56. The van der Waals surface area contributed by atoms with Crippen LogP contribution in [0.5, 0.6) is 5.75 Å². The van der Waals surface area contributed by atoms with E-state index < -0.39 is 0 Å². The van der Waals surface area contributed by atoms with Crippen molar-refractivity contribution in [2.75, 3.05) is 12.9 Å². The van der Waals surface area contributed by atoms with Gasteiger partial charge in [-0.1, -0.05) is 6.07 Å². The minimum absolute atomic E-state index is 0.445. The summed E-state index contributed by atoms with van der Waals surface area (Å²) in [7, 11) is 0. The van der Waals surface area contributed by atoms with Crippen molar-refractivity contribution < 1.29 is 4.74 Å². The number of halogens is 1. The van der Waals surface area contributed by atoms with Crippen molar-refractivity contribution in [2.24, 2.45) is 0 Å². The van der Waals surface area contributed by atoms with Crippen LogP contribution in [0.25, 0.3) is 11.0 Å². The van der Waals surface area contributed by atoms with Gasteiger partial charge in [0.2, 0.25) is 0 Å². The average molecular weight is 325 g/mol. The molecule has 0 spiro atoms. The van der Waals surface area contributed by atoms with Crippen LogP contribution in [0.2, 0.25) is 0 Å². The minimum atomic E-state index is 0.445. The van der Waals surface area contributed by atoms with Crippen LogP contribution in [0.15, 0.2) is 18.2 Å². The van der Waals surface area contributed by atoms with Crippen molar-refractivity contribution in [3.8, 4) is 5.75 Å². The number of ether oxygens (including phenoxy) is 1. The van der Waals surface area contributed by atoms with E-state index in [-0.39, 0.29) is 0 Å². The maximum Gasteiger partial charge on any atom is 0.147 e. The highest BCUT2D eigenvalue weighted by Crippen LogP contribution is 2.39. The molecule has 0 bridgehead atoms. The molecule has 1 aliphatic carbocycles. The average Bonchev–Trinajstić information content (AvgIpc) is 3.11. The Morgan fingerprint density at radius 2 is 2.29 bits per heavy atom. The first-order valence-corrected chi connectivity index (χ1v) is 9.32. The van der Waals surface area contributed by atoms with E-state index in [1.807, 2.05) is 30.8 Å². The summed E-state index contributed by atoms with van der Waals surface area (Å²) in [5.74, 6) is 2.27. The second kappa shape index (κ2) is 6.49. The molecule has 0 aliphatic heterocycles. The highest BCUT2D eigenvalue weighted by atomic mass is 35.5. The monoisotopic (exact) mass is 324 g/mol. The molecule has 2 unspecified atom stereocenters. The van der Waals surface area contributed by atoms with Crippen molar-refractivity contribution in [3.05, 3.63) is 24.0 Å². The molecular weight excluding hydrogens is 304 g/mol. The van der Waals surface area contributed by atoms with Crippen molar-refractivity contribution in [3.63, 3.8) is 0 Å². The Balaban J connectivity index is 2.06. The van der Waals surface area contributed by atoms with Crippen LogP contribution in [0, 0.1) is 0 Å². The summed E-state index contributed by atoms with van der Waals surface area (Å²) in [5.41, 5.74) is 2.10. The van der Waals surface area contributed by atoms with Crippen molar-refractivity contribution in [2.45, 2.75) is 43.4 Å². The van der Waals surface area contributed by atoms with E-state index in [2.05, 4.69) is 16.9 Å². The van der Waals surface area contributed by atoms with Crippen LogP contribution in [-0.4, -0.2) is 27.7 Å². The second-order valence-corrected chi connectivity index (χ2v) is 6.82. The Morgan fingerprint density at radius 1 is 1.43 bits per heavy atom. The van der Waals surface area contributed by atoms with Crippen molar-refractivity contribution in [1.82, 2.24) is 9.55 Å². The molecule has 3 rings (SSSR count). The number of benzene rings is 1. The molecule has 0 radical (unpaired) electrons. The molecule has 0 N–H and O–H groups in total. The van der Waals surface area contributed by atoms with E-state index in [0.717, 1.165) is 27.9 Å². The van der Waals surface area contributed by atoms with Crippen LogP contribution >= 0.6 is 23.4 Å². The number of alkyl halides is 1. The maximum absolute atomic E-state index is 6.15. The molecule has 2 aromatic rings. The fraction of sp³-hybridized carbons (Fsp3) is 0.562. The molecular formula is C16H21ClN2OS. The molecule has 1 heterocycles. The number of para-hydroxylation sites is 1. The number of fused-ring (bicyclic) bond motifs is 1. The van der Waals surface area contributed by atoms with Gasteiger partial charge in [-0.2, -0.15) is 11.8 Å². The van der Waals surface area contributed by atoms with Gasteiger partial charge < -0.3 is 9.30 Å². The summed E-state index contributed by atoms with van der Waals surface area (Å²) in [6.07, 6.45) is 5.89. The molecule has 1 saturated carbocycles. The molecule has 1 fully saturated rings. The Hall–Kier alpha value is -0.870. The lowest BCUT2D eigenvalue weighted by molar-refractivity contribution is 0.343. The second-order valence-electron chi connectivity index (χ2n) is 5.41. The maximum atomic E-state index is 6.15. The van der Waals surface area contributed by atoms with E-state index >= 15 is 0 Å². The van der Waals surface area contributed by atoms with Gasteiger partial charge in [0.05, 0.1) is 18.0 Å². The van der Waals surface area contributed by atoms with Gasteiger partial charge in [0.1, 0.15) is 17.1 Å². The molecule has 0 saturated heterocycles. The first-order valence-electron chi connectivity index (χ1n) is 7.49. The van der Waals surface area contributed by atoms with Gasteiger partial charge in [-0.25, -0.2) is 4.98 Å². The van der Waals surface area contributed by atoms with Gasteiger partial charge in [-0.15, -0.1) is 11.6 Å². The van der Waals surface area contributed by atoms with Gasteiger partial charge in [0, 0.05) is 11.3 Å². The van der Waals surface area contributed by atoms with Gasteiger partial charge in [-0.3, -0.25) is 0 Å². The minimum Gasteiger partial charge on any atom is -0.492 e.